The fourth-order valence-corrected chi connectivity index (χ4v) is 2.35. The summed E-state index contributed by atoms with van der Waals surface area (Å²) in [6, 6.07) is 2.27. The van der Waals surface area contributed by atoms with Gasteiger partial charge in [0.1, 0.15) is 5.78 Å². The van der Waals surface area contributed by atoms with Gasteiger partial charge in [-0.1, -0.05) is 11.6 Å². The highest BCUT2D eigenvalue weighted by Gasteiger charge is 2.24. The number of rotatable bonds is 4. The van der Waals surface area contributed by atoms with E-state index in [-0.39, 0.29) is 5.78 Å². The first-order chi connectivity index (χ1) is 7.75. The second-order valence-corrected chi connectivity index (χ2v) is 4.50. The second kappa shape index (κ2) is 5.25. The van der Waals surface area contributed by atoms with Crippen molar-refractivity contribution in [3.8, 4) is 0 Å². The van der Waals surface area contributed by atoms with E-state index in [1.165, 1.54) is 12.8 Å². The van der Waals surface area contributed by atoms with E-state index in [1.807, 2.05) is 6.07 Å². The van der Waals surface area contributed by atoms with Gasteiger partial charge in [-0.2, -0.15) is 0 Å². The minimum absolute atomic E-state index is 0.273. The van der Waals surface area contributed by atoms with Crippen LogP contribution in [0, 0.1) is 0 Å². The molecule has 4 heteroatoms. The highest BCUT2D eigenvalue weighted by Crippen LogP contribution is 2.21. The van der Waals surface area contributed by atoms with Crippen LogP contribution in [0.2, 0.25) is 0 Å². The van der Waals surface area contributed by atoms with Crippen LogP contribution in [0.4, 0.5) is 0 Å². The summed E-state index contributed by atoms with van der Waals surface area (Å²) in [6.07, 6.45) is 5.88. The van der Waals surface area contributed by atoms with Crippen LogP contribution < -0.4 is 0 Å². The molecule has 0 saturated carbocycles. The Balaban J connectivity index is 1.96. The number of ketones is 1. The average molecular weight is 222 g/mol. The van der Waals surface area contributed by atoms with Crippen LogP contribution in [0.3, 0.4) is 0 Å². The van der Waals surface area contributed by atoms with E-state index in [1.54, 1.807) is 13.1 Å². The molecule has 0 N–H and O–H groups in total. The lowest BCUT2D eigenvalue weighted by Crippen LogP contribution is -2.39. The number of likely N-dealkylation sites (tertiary alicyclic amines) is 1. The number of hydrogen-bond acceptors (Lipinski definition) is 4. The molecule has 1 aromatic rings. The number of nitrogens with zero attached hydrogens (tertiary/aromatic N) is 2. The fraction of sp³-hybridized carbons (Fsp3) is 0.667. The first kappa shape index (κ1) is 11.3. The van der Waals surface area contributed by atoms with Crippen LogP contribution >= 0.6 is 0 Å². The summed E-state index contributed by atoms with van der Waals surface area (Å²) in [5, 5.41) is 3.71. The van der Waals surface area contributed by atoms with Crippen molar-refractivity contribution in [1.29, 1.82) is 0 Å². The van der Waals surface area contributed by atoms with E-state index in [4.69, 9.17) is 4.52 Å². The Morgan fingerprint density at radius 3 is 3.19 bits per heavy atom. The van der Waals surface area contributed by atoms with Gasteiger partial charge in [0.15, 0.2) is 5.76 Å². The van der Waals surface area contributed by atoms with Gasteiger partial charge in [0.25, 0.3) is 0 Å². The predicted octanol–water partition coefficient (Wildman–Crippen LogP) is 2.01. The minimum Gasteiger partial charge on any atom is -0.360 e. The molecule has 1 aromatic heterocycles. The zero-order valence-electron chi connectivity index (χ0n) is 9.69. The molecule has 0 aliphatic carbocycles. The van der Waals surface area contributed by atoms with Crippen molar-refractivity contribution >= 4 is 5.78 Å². The molecule has 0 spiro atoms. The molecule has 1 aliphatic rings. The fourth-order valence-electron chi connectivity index (χ4n) is 2.35. The Labute approximate surface area is 95.6 Å². The maximum absolute atomic E-state index is 11.2. The van der Waals surface area contributed by atoms with E-state index >= 15 is 0 Å². The van der Waals surface area contributed by atoms with Gasteiger partial charge < -0.3 is 4.52 Å². The van der Waals surface area contributed by atoms with E-state index in [9.17, 15) is 4.79 Å². The topological polar surface area (TPSA) is 46.3 Å². The van der Waals surface area contributed by atoms with E-state index in [0.717, 1.165) is 25.3 Å². The maximum Gasteiger partial charge on any atom is 0.150 e. The van der Waals surface area contributed by atoms with Crippen molar-refractivity contribution in [2.24, 2.45) is 0 Å². The molecule has 4 nitrogen and oxygen atoms in total. The van der Waals surface area contributed by atoms with Crippen LogP contribution in [0.1, 0.15) is 38.4 Å². The van der Waals surface area contributed by atoms with Crippen LogP contribution in [-0.4, -0.2) is 28.4 Å². The molecule has 0 bridgehead atoms. The summed E-state index contributed by atoms with van der Waals surface area (Å²) in [4.78, 5) is 13.5. The Morgan fingerprint density at radius 1 is 1.62 bits per heavy atom. The van der Waals surface area contributed by atoms with Gasteiger partial charge in [-0.3, -0.25) is 9.69 Å². The van der Waals surface area contributed by atoms with E-state index < -0.39 is 0 Å². The molecule has 1 unspecified atom stereocenters. The number of hydrogen-bond donors (Lipinski definition) is 0. The molecular weight excluding hydrogens is 204 g/mol. The van der Waals surface area contributed by atoms with Crippen molar-refractivity contribution in [1.82, 2.24) is 10.1 Å². The van der Waals surface area contributed by atoms with Gasteiger partial charge in [-0.05, 0) is 26.3 Å². The number of Topliss-reactive ketones (excluding diaryl/α,β-unsaturated/α-hetero) is 1. The highest BCUT2D eigenvalue weighted by molar-refractivity contribution is 5.76. The first-order valence-electron chi connectivity index (χ1n) is 5.89. The van der Waals surface area contributed by atoms with Gasteiger partial charge in [0.05, 0.1) is 12.7 Å². The lowest BCUT2D eigenvalue weighted by molar-refractivity contribution is -0.118. The number of piperidine rings is 1. The van der Waals surface area contributed by atoms with Crippen molar-refractivity contribution in [3.63, 3.8) is 0 Å². The lowest BCUT2D eigenvalue weighted by Gasteiger charge is -2.34. The molecular formula is C12H18N2O2. The highest BCUT2D eigenvalue weighted by atomic mass is 16.5. The van der Waals surface area contributed by atoms with Gasteiger partial charge in [0.2, 0.25) is 0 Å². The van der Waals surface area contributed by atoms with Crippen molar-refractivity contribution < 1.29 is 9.32 Å². The van der Waals surface area contributed by atoms with E-state index in [2.05, 4.69) is 10.1 Å². The first-order valence-corrected chi connectivity index (χ1v) is 5.89. The van der Waals surface area contributed by atoms with E-state index in [0.29, 0.717) is 12.5 Å². The van der Waals surface area contributed by atoms with Crippen molar-refractivity contribution in [2.75, 3.05) is 6.54 Å². The van der Waals surface area contributed by atoms with Crippen LogP contribution in [0.25, 0.3) is 0 Å². The van der Waals surface area contributed by atoms with Crippen LogP contribution in [0.5, 0.6) is 0 Å². The quantitative estimate of drug-likeness (QED) is 0.781. The largest absolute Gasteiger partial charge is 0.360 e. The summed E-state index contributed by atoms with van der Waals surface area (Å²) < 4.78 is 5.11. The summed E-state index contributed by atoms with van der Waals surface area (Å²) in [7, 11) is 0. The normalized spacial score (nSPS) is 22.2. The van der Waals surface area contributed by atoms with Crippen LogP contribution in [0.15, 0.2) is 16.8 Å². The Bertz CT molecular complexity index is 335. The lowest BCUT2D eigenvalue weighted by atomic mass is 9.98. The molecule has 0 amide bonds. The molecule has 0 radical (unpaired) electrons. The molecule has 1 fully saturated rings. The molecule has 2 rings (SSSR count). The van der Waals surface area contributed by atoms with Gasteiger partial charge in [0, 0.05) is 18.5 Å². The number of carbonyl (C=O) groups is 1. The van der Waals surface area contributed by atoms with Crippen LogP contribution in [-0.2, 0) is 11.3 Å². The van der Waals surface area contributed by atoms with Gasteiger partial charge in [-0.25, -0.2) is 0 Å². The van der Waals surface area contributed by atoms with Gasteiger partial charge >= 0.3 is 0 Å². The van der Waals surface area contributed by atoms with Crippen molar-refractivity contribution in [2.45, 2.75) is 45.2 Å². The summed E-state index contributed by atoms with van der Waals surface area (Å²) >= 11 is 0. The molecule has 0 aromatic carbocycles. The van der Waals surface area contributed by atoms with Crippen molar-refractivity contribution in [3.05, 3.63) is 18.0 Å². The SMILES string of the molecule is CC(=O)CC1CCCCN1Cc1ccno1. The second-order valence-electron chi connectivity index (χ2n) is 4.50. The molecule has 1 saturated heterocycles. The number of aromatic nitrogens is 1. The smallest absolute Gasteiger partial charge is 0.150 e. The summed E-state index contributed by atoms with van der Waals surface area (Å²) in [5.74, 6) is 1.16. The molecule has 16 heavy (non-hydrogen) atoms. The third-order valence-corrected chi connectivity index (χ3v) is 3.12. The third-order valence-electron chi connectivity index (χ3n) is 3.12. The maximum atomic E-state index is 11.2. The standard InChI is InChI=1S/C12H18N2O2/c1-10(15)8-11-4-2-3-7-14(11)9-12-5-6-13-16-12/h5-6,11H,2-4,7-9H2,1H3. The van der Waals surface area contributed by atoms with Gasteiger partial charge in [-0.15, -0.1) is 0 Å². The zero-order chi connectivity index (χ0) is 11.4. The molecule has 88 valence electrons. The summed E-state index contributed by atoms with van der Waals surface area (Å²) in [6.45, 7) is 3.50. The monoisotopic (exact) mass is 222 g/mol. The Morgan fingerprint density at radius 2 is 2.50 bits per heavy atom. The molecule has 1 atom stereocenters. The zero-order valence-corrected chi connectivity index (χ0v) is 9.69. The Hall–Kier alpha value is -1.16. The molecule has 1 aliphatic heterocycles. The Kier molecular flexibility index (Phi) is 3.72. The summed E-state index contributed by atoms with van der Waals surface area (Å²) in [5.41, 5.74) is 0. The third kappa shape index (κ3) is 2.92. The minimum atomic E-state index is 0.273. The number of carbonyl (C=O) groups excluding carboxylic acids is 1. The average Bonchev–Trinajstić information content (AvgIpc) is 2.73. The predicted molar refractivity (Wildman–Crippen MR) is 59.9 cm³/mol. The molecule has 2 heterocycles.